The molecule has 0 saturated carbocycles. The number of sulfonamides is 1. The van der Waals surface area contributed by atoms with E-state index in [0.29, 0.717) is 13.1 Å². The molecular weight excluding hydrogens is 294 g/mol. The average molecular weight is 311 g/mol. The van der Waals surface area contributed by atoms with Gasteiger partial charge in [0.25, 0.3) is 15.9 Å². The normalized spacial score (nSPS) is 26.9. The summed E-state index contributed by atoms with van der Waals surface area (Å²) in [6.07, 6.45) is 7.01. The van der Waals surface area contributed by atoms with Crippen molar-refractivity contribution in [3.63, 3.8) is 0 Å². The predicted molar refractivity (Wildman–Crippen MR) is 77.1 cm³/mol. The van der Waals surface area contributed by atoms with Gasteiger partial charge in [-0.15, -0.1) is 4.40 Å². The molecule has 21 heavy (non-hydrogen) atoms. The van der Waals surface area contributed by atoms with E-state index in [-0.39, 0.29) is 29.2 Å². The predicted octanol–water partition coefficient (Wildman–Crippen LogP) is -0.221. The molecule has 1 atom stereocenters. The van der Waals surface area contributed by atoms with Crippen LogP contribution in [-0.2, 0) is 19.6 Å². The van der Waals surface area contributed by atoms with Gasteiger partial charge in [-0.25, -0.2) is 8.42 Å². The van der Waals surface area contributed by atoms with Crippen LogP contribution in [0.5, 0.6) is 0 Å². The van der Waals surface area contributed by atoms with E-state index in [4.69, 9.17) is 4.74 Å². The molecule has 1 saturated heterocycles. The van der Waals surface area contributed by atoms with Gasteiger partial charge < -0.3 is 15.0 Å². The van der Waals surface area contributed by atoms with Crippen LogP contribution in [0.15, 0.2) is 28.3 Å². The number of allylic oxidation sites excluding steroid dienone is 2. The van der Waals surface area contributed by atoms with Crippen molar-refractivity contribution in [2.24, 2.45) is 4.40 Å². The van der Waals surface area contributed by atoms with E-state index in [1.54, 1.807) is 23.3 Å². The molecule has 3 heterocycles. The number of ether oxygens (including phenoxy) is 1. The first-order chi connectivity index (χ1) is 10.1. The van der Waals surface area contributed by atoms with E-state index in [2.05, 4.69) is 9.71 Å². The first kappa shape index (κ1) is 14.3. The van der Waals surface area contributed by atoms with Crippen molar-refractivity contribution in [2.45, 2.75) is 18.9 Å². The van der Waals surface area contributed by atoms with Gasteiger partial charge in [-0.3, -0.25) is 4.79 Å². The standard InChI is InChI=1S/C13H17N3O4S/c17-13(14-9-10-3-2-7-20-10)11-4-1-5-16-6-8-21(18,19)15-12(11)16/h1,4-5,10H,2-3,6-9H2,(H,14,17). The number of nitrogens with zero attached hydrogens (tertiary/aromatic N) is 2. The molecule has 7 nitrogen and oxygen atoms in total. The fourth-order valence-corrected chi connectivity index (χ4v) is 3.49. The lowest BCUT2D eigenvalue weighted by molar-refractivity contribution is -0.117. The summed E-state index contributed by atoms with van der Waals surface area (Å²) in [5.74, 6) is -0.157. The summed E-state index contributed by atoms with van der Waals surface area (Å²) in [6.45, 7) is 1.47. The van der Waals surface area contributed by atoms with Crippen LogP contribution in [0, 0.1) is 0 Å². The number of nitrogens with one attached hydrogen (secondary N) is 1. The molecule has 1 amide bonds. The van der Waals surface area contributed by atoms with Gasteiger partial charge in [0.1, 0.15) is 0 Å². The Morgan fingerprint density at radius 3 is 3.14 bits per heavy atom. The lowest BCUT2D eigenvalue weighted by Crippen LogP contribution is -2.43. The molecule has 8 heteroatoms. The number of hydrogen-bond donors (Lipinski definition) is 1. The average Bonchev–Trinajstić information content (AvgIpc) is 2.96. The van der Waals surface area contributed by atoms with Crippen LogP contribution >= 0.6 is 0 Å². The van der Waals surface area contributed by atoms with Gasteiger partial charge in [0.05, 0.1) is 17.4 Å². The minimum absolute atomic E-state index is 0.0361. The maximum Gasteiger partial charge on any atom is 0.256 e. The number of amidine groups is 1. The first-order valence-corrected chi connectivity index (χ1v) is 8.54. The summed E-state index contributed by atoms with van der Waals surface area (Å²) in [6, 6.07) is 0. The third-order valence-electron chi connectivity index (χ3n) is 3.62. The van der Waals surface area contributed by atoms with Gasteiger partial charge in [0, 0.05) is 25.9 Å². The Bertz CT molecular complexity index is 630. The van der Waals surface area contributed by atoms with Gasteiger partial charge in [-0.05, 0) is 25.0 Å². The molecular formula is C13H17N3O4S. The Balaban J connectivity index is 1.73. The molecule has 0 aromatic rings. The molecule has 0 aliphatic carbocycles. The molecule has 1 N–H and O–H groups in total. The Kier molecular flexibility index (Phi) is 3.81. The molecule has 3 aliphatic rings. The highest BCUT2D eigenvalue weighted by molar-refractivity contribution is 7.90. The van der Waals surface area contributed by atoms with Crippen molar-refractivity contribution in [3.8, 4) is 0 Å². The number of carbonyl (C=O) groups is 1. The van der Waals surface area contributed by atoms with Gasteiger partial charge in [0.2, 0.25) is 0 Å². The van der Waals surface area contributed by atoms with Gasteiger partial charge in [0.15, 0.2) is 5.84 Å². The molecule has 0 aromatic heterocycles. The SMILES string of the molecule is O=C(NCC1CCCO1)C1=CC=CN2CCS(=O)(=O)N=C12. The summed E-state index contributed by atoms with van der Waals surface area (Å²) in [4.78, 5) is 13.9. The van der Waals surface area contributed by atoms with E-state index < -0.39 is 10.0 Å². The summed E-state index contributed by atoms with van der Waals surface area (Å²) in [5, 5.41) is 2.79. The third kappa shape index (κ3) is 3.16. The Morgan fingerprint density at radius 1 is 1.52 bits per heavy atom. The monoisotopic (exact) mass is 311 g/mol. The molecule has 3 aliphatic heterocycles. The van der Waals surface area contributed by atoms with E-state index in [1.165, 1.54) is 0 Å². The largest absolute Gasteiger partial charge is 0.376 e. The molecule has 0 aromatic carbocycles. The first-order valence-electron chi connectivity index (χ1n) is 6.93. The minimum Gasteiger partial charge on any atom is -0.376 e. The quantitative estimate of drug-likeness (QED) is 0.778. The zero-order chi connectivity index (χ0) is 14.9. The smallest absolute Gasteiger partial charge is 0.256 e. The van der Waals surface area contributed by atoms with E-state index >= 15 is 0 Å². The zero-order valence-corrected chi connectivity index (χ0v) is 12.3. The molecule has 1 fully saturated rings. The van der Waals surface area contributed by atoms with Crippen LogP contribution < -0.4 is 5.32 Å². The highest BCUT2D eigenvalue weighted by Gasteiger charge is 2.30. The number of hydrogen-bond acceptors (Lipinski definition) is 5. The fraction of sp³-hybridized carbons (Fsp3) is 0.538. The highest BCUT2D eigenvalue weighted by atomic mass is 32.2. The van der Waals surface area contributed by atoms with E-state index in [0.717, 1.165) is 19.4 Å². The Morgan fingerprint density at radius 2 is 2.38 bits per heavy atom. The van der Waals surface area contributed by atoms with Crippen LogP contribution in [-0.4, -0.2) is 56.6 Å². The summed E-state index contributed by atoms with van der Waals surface area (Å²) < 4.78 is 32.4. The molecule has 1 unspecified atom stereocenters. The van der Waals surface area contributed by atoms with Crippen LogP contribution in [0.2, 0.25) is 0 Å². The van der Waals surface area contributed by atoms with Crippen LogP contribution in [0.4, 0.5) is 0 Å². The lowest BCUT2D eigenvalue weighted by Gasteiger charge is -2.28. The number of carbonyl (C=O) groups excluding carboxylic acids is 1. The second-order valence-electron chi connectivity index (χ2n) is 5.16. The summed E-state index contributed by atoms with van der Waals surface area (Å²) in [5.41, 5.74) is 0.277. The van der Waals surface area contributed by atoms with Gasteiger partial charge >= 0.3 is 0 Å². The molecule has 0 spiro atoms. The number of amides is 1. The second kappa shape index (κ2) is 5.61. The van der Waals surface area contributed by atoms with Crippen LogP contribution in [0.1, 0.15) is 12.8 Å². The molecule has 0 radical (unpaired) electrons. The van der Waals surface area contributed by atoms with E-state index in [9.17, 15) is 13.2 Å². The van der Waals surface area contributed by atoms with Crippen molar-refractivity contribution < 1.29 is 17.9 Å². The van der Waals surface area contributed by atoms with E-state index in [1.807, 2.05) is 0 Å². The molecule has 114 valence electrons. The van der Waals surface area contributed by atoms with Crippen molar-refractivity contribution in [2.75, 3.05) is 25.4 Å². The van der Waals surface area contributed by atoms with Crippen molar-refractivity contribution in [1.29, 1.82) is 0 Å². The number of fused-ring (bicyclic) bond motifs is 1. The van der Waals surface area contributed by atoms with Crippen LogP contribution in [0.25, 0.3) is 0 Å². The summed E-state index contributed by atoms with van der Waals surface area (Å²) in [7, 11) is -3.48. The Labute approximate surface area is 123 Å². The van der Waals surface area contributed by atoms with Crippen molar-refractivity contribution >= 4 is 21.8 Å². The van der Waals surface area contributed by atoms with Crippen LogP contribution in [0.3, 0.4) is 0 Å². The topological polar surface area (TPSA) is 88.1 Å². The fourth-order valence-electron chi connectivity index (χ4n) is 2.50. The molecule has 3 rings (SSSR count). The highest BCUT2D eigenvalue weighted by Crippen LogP contribution is 2.18. The minimum atomic E-state index is -3.48. The van der Waals surface area contributed by atoms with Crippen molar-refractivity contribution in [1.82, 2.24) is 10.2 Å². The number of rotatable bonds is 3. The third-order valence-corrected chi connectivity index (χ3v) is 4.77. The summed E-state index contributed by atoms with van der Waals surface area (Å²) >= 11 is 0. The van der Waals surface area contributed by atoms with Gasteiger partial charge in [-0.2, -0.15) is 0 Å². The lowest BCUT2D eigenvalue weighted by atomic mass is 10.1. The van der Waals surface area contributed by atoms with Gasteiger partial charge in [-0.1, -0.05) is 0 Å². The Hall–Kier alpha value is -1.67. The second-order valence-corrected chi connectivity index (χ2v) is 6.92. The molecule has 0 bridgehead atoms. The maximum absolute atomic E-state index is 12.2. The zero-order valence-electron chi connectivity index (χ0n) is 11.5. The maximum atomic E-state index is 12.2. The van der Waals surface area contributed by atoms with Crippen molar-refractivity contribution in [3.05, 3.63) is 23.9 Å².